The molecule has 8 aromatic rings. The Labute approximate surface area is 296 Å². The normalized spacial score (nSPS) is 15.0. The summed E-state index contributed by atoms with van der Waals surface area (Å²) in [7, 11) is 0. The van der Waals surface area contributed by atoms with E-state index in [4.69, 9.17) is 21.6 Å². The number of aromatic nitrogens is 2. The lowest BCUT2D eigenvalue weighted by atomic mass is 9.70. The maximum atomic E-state index is 6.65. The van der Waals surface area contributed by atoms with Gasteiger partial charge in [-0.3, -0.25) is 0 Å². The zero-order valence-corrected chi connectivity index (χ0v) is 27.8. The number of benzene rings is 7. The number of halogens is 1. The Hall–Kier alpha value is -6.09. The third-order valence-electron chi connectivity index (χ3n) is 10.4. The molecular weight excluding hydrogens is 628 g/mol. The van der Waals surface area contributed by atoms with E-state index in [0.29, 0.717) is 5.82 Å². The molecule has 0 radical (unpaired) electrons. The number of rotatable bonds is 4. The molecule has 3 heteroatoms. The Balaban J connectivity index is 1.21. The zero-order valence-electron chi connectivity index (χ0n) is 27.0. The van der Waals surface area contributed by atoms with Crippen LogP contribution >= 0.6 is 11.6 Å². The number of fused-ring (bicyclic) bond motifs is 10. The molecule has 1 atom stereocenters. The second-order valence-corrected chi connectivity index (χ2v) is 13.5. The van der Waals surface area contributed by atoms with Gasteiger partial charge in [-0.1, -0.05) is 157 Å². The van der Waals surface area contributed by atoms with Gasteiger partial charge in [-0.05, 0) is 86.0 Å². The molecule has 0 fully saturated rings. The standard InChI is InChI=1S/C47H29ClN2/c48-35-23-25-42-39(28-35)37-19-8-10-21-41(37)47(42)40-20-9-7-18-36(40)38-24-22-34(27-43(38)47)46-49-44(31-14-5-2-6-15-31)29-45(50-46)33-17-11-16-32(26-33)30-12-3-1-4-13-30/h1-29H. The molecule has 7 aromatic carbocycles. The van der Waals surface area contributed by atoms with Crippen molar-refractivity contribution in [2.24, 2.45) is 0 Å². The molecule has 1 unspecified atom stereocenters. The van der Waals surface area contributed by atoms with E-state index in [0.717, 1.165) is 38.7 Å². The quantitative estimate of drug-likeness (QED) is 0.188. The van der Waals surface area contributed by atoms with Gasteiger partial charge in [0.25, 0.3) is 0 Å². The molecule has 2 aliphatic rings. The van der Waals surface area contributed by atoms with Gasteiger partial charge in [0.15, 0.2) is 5.82 Å². The lowest BCUT2D eigenvalue weighted by Gasteiger charge is -2.30. The number of hydrogen-bond donors (Lipinski definition) is 0. The molecule has 1 spiro atoms. The summed E-state index contributed by atoms with van der Waals surface area (Å²) in [5.74, 6) is 0.697. The van der Waals surface area contributed by atoms with E-state index >= 15 is 0 Å². The summed E-state index contributed by atoms with van der Waals surface area (Å²) in [6, 6.07) is 62.4. The Kier molecular flexibility index (Phi) is 6.49. The average Bonchev–Trinajstić information content (AvgIpc) is 3.65. The molecular formula is C47H29ClN2. The van der Waals surface area contributed by atoms with Gasteiger partial charge < -0.3 is 0 Å². The summed E-state index contributed by atoms with van der Waals surface area (Å²) < 4.78 is 0. The van der Waals surface area contributed by atoms with Crippen LogP contribution < -0.4 is 0 Å². The third kappa shape index (κ3) is 4.29. The first kappa shape index (κ1) is 28.9. The van der Waals surface area contributed by atoms with Gasteiger partial charge in [0.05, 0.1) is 16.8 Å². The minimum absolute atomic E-state index is 0.484. The van der Waals surface area contributed by atoms with E-state index in [9.17, 15) is 0 Å². The van der Waals surface area contributed by atoms with Crippen LogP contribution in [-0.2, 0) is 5.41 Å². The van der Waals surface area contributed by atoms with Crippen molar-refractivity contribution in [2.75, 3.05) is 0 Å². The Morgan fingerprint density at radius 1 is 0.340 bits per heavy atom. The predicted molar refractivity (Wildman–Crippen MR) is 205 cm³/mol. The fraction of sp³-hybridized carbons (Fsp3) is 0.0213. The molecule has 0 amide bonds. The molecule has 0 aliphatic heterocycles. The highest BCUT2D eigenvalue weighted by Gasteiger charge is 2.51. The minimum Gasteiger partial charge on any atom is -0.228 e. The maximum absolute atomic E-state index is 6.65. The van der Waals surface area contributed by atoms with Crippen LogP contribution in [0, 0.1) is 0 Å². The van der Waals surface area contributed by atoms with Crippen molar-refractivity contribution in [3.8, 4) is 67.3 Å². The Morgan fingerprint density at radius 3 is 1.64 bits per heavy atom. The molecule has 1 heterocycles. The van der Waals surface area contributed by atoms with Crippen LogP contribution in [0.4, 0.5) is 0 Å². The summed E-state index contributed by atoms with van der Waals surface area (Å²) in [6.45, 7) is 0. The van der Waals surface area contributed by atoms with Gasteiger partial charge in [0.2, 0.25) is 0 Å². The summed E-state index contributed by atoms with van der Waals surface area (Å²) >= 11 is 6.65. The number of nitrogens with zero attached hydrogens (tertiary/aromatic N) is 2. The first-order chi connectivity index (χ1) is 24.7. The third-order valence-corrected chi connectivity index (χ3v) is 10.6. The van der Waals surface area contributed by atoms with E-state index in [1.165, 1.54) is 50.1 Å². The summed E-state index contributed by atoms with van der Waals surface area (Å²) in [4.78, 5) is 10.5. The lowest BCUT2D eigenvalue weighted by Crippen LogP contribution is -2.25. The number of hydrogen-bond acceptors (Lipinski definition) is 2. The molecule has 50 heavy (non-hydrogen) atoms. The first-order valence-electron chi connectivity index (χ1n) is 16.9. The average molecular weight is 657 g/mol. The van der Waals surface area contributed by atoms with Crippen LogP contribution in [-0.4, -0.2) is 9.97 Å². The molecule has 0 saturated heterocycles. The van der Waals surface area contributed by atoms with E-state index < -0.39 is 5.41 Å². The first-order valence-corrected chi connectivity index (χ1v) is 17.3. The molecule has 2 nitrogen and oxygen atoms in total. The molecule has 0 saturated carbocycles. The van der Waals surface area contributed by atoms with Crippen LogP contribution in [0.1, 0.15) is 22.3 Å². The van der Waals surface area contributed by atoms with E-state index in [1.54, 1.807) is 0 Å². The van der Waals surface area contributed by atoms with Gasteiger partial charge in [0, 0.05) is 21.7 Å². The van der Waals surface area contributed by atoms with Crippen LogP contribution in [0.5, 0.6) is 0 Å². The fourth-order valence-electron chi connectivity index (χ4n) is 8.22. The van der Waals surface area contributed by atoms with Crippen molar-refractivity contribution >= 4 is 11.6 Å². The monoisotopic (exact) mass is 656 g/mol. The molecule has 0 N–H and O–H groups in total. The van der Waals surface area contributed by atoms with Crippen molar-refractivity contribution in [3.05, 3.63) is 203 Å². The Bertz CT molecular complexity index is 2610. The lowest BCUT2D eigenvalue weighted by molar-refractivity contribution is 0.794. The molecule has 234 valence electrons. The zero-order chi connectivity index (χ0) is 33.2. The molecule has 0 bridgehead atoms. The molecule has 1 aromatic heterocycles. The SMILES string of the molecule is Clc1ccc2c(c1)-c1ccccc1C21c2ccccc2-c2ccc(-c3nc(-c4ccccc4)cc(-c4cccc(-c5ccccc5)c4)n3)cc21. The summed E-state index contributed by atoms with van der Waals surface area (Å²) in [5.41, 5.74) is 16.7. The smallest absolute Gasteiger partial charge is 0.160 e. The molecule has 10 rings (SSSR count). The Morgan fingerprint density at radius 2 is 0.900 bits per heavy atom. The van der Waals surface area contributed by atoms with E-state index in [1.807, 2.05) is 18.2 Å². The maximum Gasteiger partial charge on any atom is 0.160 e. The van der Waals surface area contributed by atoms with Crippen molar-refractivity contribution in [2.45, 2.75) is 5.41 Å². The summed E-state index contributed by atoms with van der Waals surface area (Å²) in [6.07, 6.45) is 0. The minimum atomic E-state index is -0.484. The van der Waals surface area contributed by atoms with Crippen molar-refractivity contribution in [1.29, 1.82) is 0 Å². The fourth-order valence-corrected chi connectivity index (χ4v) is 8.40. The largest absolute Gasteiger partial charge is 0.228 e. The highest BCUT2D eigenvalue weighted by Crippen LogP contribution is 2.63. The second-order valence-electron chi connectivity index (χ2n) is 13.1. The van der Waals surface area contributed by atoms with Gasteiger partial charge in [-0.15, -0.1) is 0 Å². The van der Waals surface area contributed by atoms with Gasteiger partial charge in [-0.25, -0.2) is 9.97 Å². The van der Waals surface area contributed by atoms with Crippen LogP contribution in [0.15, 0.2) is 176 Å². The van der Waals surface area contributed by atoms with Gasteiger partial charge in [0.1, 0.15) is 0 Å². The van der Waals surface area contributed by atoms with Gasteiger partial charge >= 0.3 is 0 Å². The van der Waals surface area contributed by atoms with E-state index in [2.05, 4.69) is 158 Å². The topological polar surface area (TPSA) is 25.8 Å². The van der Waals surface area contributed by atoms with E-state index in [-0.39, 0.29) is 0 Å². The summed E-state index contributed by atoms with van der Waals surface area (Å²) in [5, 5.41) is 0.742. The van der Waals surface area contributed by atoms with Crippen LogP contribution in [0.2, 0.25) is 5.02 Å². The van der Waals surface area contributed by atoms with Gasteiger partial charge in [-0.2, -0.15) is 0 Å². The van der Waals surface area contributed by atoms with Crippen LogP contribution in [0.25, 0.3) is 67.3 Å². The van der Waals surface area contributed by atoms with Crippen molar-refractivity contribution < 1.29 is 0 Å². The highest BCUT2D eigenvalue weighted by atomic mass is 35.5. The predicted octanol–water partition coefficient (Wildman–Crippen LogP) is 12.1. The van der Waals surface area contributed by atoms with Crippen LogP contribution in [0.3, 0.4) is 0 Å². The second kappa shape index (κ2) is 11.2. The molecule has 2 aliphatic carbocycles. The highest BCUT2D eigenvalue weighted by molar-refractivity contribution is 6.31. The van der Waals surface area contributed by atoms with Crippen molar-refractivity contribution in [1.82, 2.24) is 9.97 Å². The van der Waals surface area contributed by atoms with Crippen molar-refractivity contribution in [3.63, 3.8) is 0 Å².